The lowest BCUT2D eigenvalue weighted by molar-refractivity contribution is -0.385. The third-order valence-electron chi connectivity index (χ3n) is 4.48. The minimum Gasteiger partial charge on any atom is -0.497 e. The van der Waals surface area contributed by atoms with Crippen LogP contribution in [0.2, 0.25) is 0 Å². The lowest BCUT2D eigenvalue weighted by atomic mass is 10.0. The molecule has 0 aliphatic rings. The Hall–Kier alpha value is -3.88. The fraction of sp³-hybridized carbons (Fsp3) is 0.200. The monoisotopic (exact) mass is 396 g/mol. The molecule has 0 saturated heterocycles. The molecule has 9 heteroatoms. The molecule has 0 fully saturated rings. The van der Waals surface area contributed by atoms with Crippen molar-refractivity contribution in [1.29, 1.82) is 0 Å². The maximum atomic E-state index is 12.0. The highest BCUT2D eigenvalue weighted by atomic mass is 16.6. The number of nitro groups is 1. The topological polar surface area (TPSA) is 109 Å². The maximum absolute atomic E-state index is 12.0. The molecule has 0 amide bonds. The summed E-state index contributed by atoms with van der Waals surface area (Å²) in [5.74, 6) is 0.669. The molecule has 150 valence electrons. The third-order valence-corrected chi connectivity index (χ3v) is 4.48. The number of ether oxygens (including phenoxy) is 2. The number of nitrogens with zero attached hydrogens (tertiary/aromatic N) is 3. The Morgan fingerprint density at radius 3 is 2.48 bits per heavy atom. The lowest BCUT2D eigenvalue weighted by Gasteiger charge is -2.21. The van der Waals surface area contributed by atoms with E-state index >= 15 is 0 Å². The second kappa shape index (κ2) is 8.42. The van der Waals surface area contributed by atoms with E-state index in [2.05, 4.69) is 15.0 Å². The Bertz CT molecular complexity index is 1030. The van der Waals surface area contributed by atoms with Crippen molar-refractivity contribution in [2.24, 2.45) is 7.05 Å². The van der Waals surface area contributed by atoms with E-state index in [0.717, 1.165) is 17.1 Å². The summed E-state index contributed by atoms with van der Waals surface area (Å²) in [4.78, 5) is 27.1. The van der Waals surface area contributed by atoms with E-state index in [1.807, 2.05) is 42.1 Å². The zero-order valence-corrected chi connectivity index (χ0v) is 16.2. The van der Waals surface area contributed by atoms with Crippen LogP contribution in [0.25, 0.3) is 0 Å². The van der Waals surface area contributed by atoms with Crippen molar-refractivity contribution in [3.63, 3.8) is 0 Å². The van der Waals surface area contributed by atoms with Crippen LogP contribution in [0.3, 0.4) is 0 Å². The number of carbonyl (C=O) groups excluding carboxylic acids is 1. The number of nitro benzene ring substituents is 1. The Labute approximate surface area is 167 Å². The first-order chi connectivity index (χ1) is 13.9. The van der Waals surface area contributed by atoms with Crippen molar-refractivity contribution >= 4 is 17.3 Å². The number of methoxy groups -OCH3 is 2. The molecular formula is C20H20N4O5. The van der Waals surface area contributed by atoms with Gasteiger partial charge in [-0.3, -0.25) is 10.1 Å². The Balaban J connectivity index is 2.03. The van der Waals surface area contributed by atoms with Crippen molar-refractivity contribution in [2.45, 2.75) is 6.04 Å². The third kappa shape index (κ3) is 4.18. The number of imidazole rings is 1. The van der Waals surface area contributed by atoms with Crippen LogP contribution in [0.1, 0.15) is 27.8 Å². The SMILES string of the molecule is COC(=O)c1cc(NC(c2ccc(OC)cc2)c2nccn2C)ccc1[N+](=O)[O-]. The van der Waals surface area contributed by atoms with E-state index in [1.165, 1.54) is 19.2 Å². The Morgan fingerprint density at radius 1 is 1.21 bits per heavy atom. The normalized spacial score (nSPS) is 11.6. The number of rotatable bonds is 7. The molecule has 1 aromatic heterocycles. The van der Waals surface area contributed by atoms with Crippen molar-refractivity contribution in [3.05, 3.63) is 81.9 Å². The lowest BCUT2D eigenvalue weighted by Crippen LogP contribution is -2.17. The van der Waals surface area contributed by atoms with Gasteiger partial charge in [-0.15, -0.1) is 0 Å². The number of anilines is 1. The van der Waals surface area contributed by atoms with Crippen molar-refractivity contribution < 1.29 is 19.2 Å². The molecule has 2 aromatic carbocycles. The van der Waals surface area contributed by atoms with Gasteiger partial charge in [-0.2, -0.15) is 0 Å². The molecular weight excluding hydrogens is 376 g/mol. The Morgan fingerprint density at radius 2 is 1.93 bits per heavy atom. The first-order valence-electron chi connectivity index (χ1n) is 8.69. The summed E-state index contributed by atoms with van der Waals surface area (Å²) in [6, 6.07) is 11.3. The van der Waals surface area contributed by atoms with Gasteiger partial charge in [0.25, 0.3) is 5.69 Å². The van der Waals surface area contributed by atoms with Gasteiger partial charge in [0, 0.05) is 31.2 Å². The summed E-state index contributed by atoms with van der Waals surface area (Å²) < 4.78 is 11.8. The van der Waals surface area contributed by atoms with Gasteiger partial charge < -0.3 is 19.4 Å². The van der Waals surface area contributed by atoms with Crippen LogP contribution in [0.15, 0.2) is 54.9 Å². The molecule has 9 nitrogen and oxygen atoms in total. The summed E-state index contributed by atoms with van der Waals surface area (Å²) in [5, 5.41) is 14.5. The fourth-order valence-electron chi connectivity index (χ4n) is 2.97. The quantitative estimate of drug-likeness (QED) is 0.371. The molecule has 0 aliphatic carbocycles. The van der Waals surface area contributed by atoms with Crippen LogP contribution in [0.4, 0.5) is 11.4 Å². The Kier molecular flexibility index (Phi) is 5.77. The molecule has 3 rings (SSSR count). The second-order valence-corrected chi connectivity index (χ2v) is 6.23. The van der Waals surface area contributed by atoms with Crippen LogP contribution < -0.4 is 10.1 Å². The standard InChI is InChI=1S/C20H20N4O5/c1-23-11-10-21-19(23)18(13-4-7-15(28-2)8-5-13)22-14-6-9-17(24(26)27)16(12-14)20(25)29-3/h4-12,18,22H,1-3H3. The zero-order valence-electron chi connectivity index (χ0n) is 16.2. The number of aromatic nitrogens is 2. The van der Waals surface area contributed by atoms with Gasteiger partial charge in [0.1, 0.15) is 23.2 Å². The van der Waals surface area contributed by atoms with Crippen LogP contribution in [0.5, 0.6) is 5.75 Å². The van der Waals surface area contributed by atoms with Crippen molar-refractivity contribution in [3.8, 4) is 5.75 Å². The summed E-state index contributed by atoms with van der Waals surface area (Å²) in [7, 11) is 4.64. The summed E-state index contributed by atoms with van der Waals surface area (Å²) in [5.41, 5.74) is 0.967. The molecule has 1 unspecified atom stereocenters. The number of aryl methyl sites for hydroxylation is 1. The smallest absolute Gasteiger partial charge is 0.344 e. The van der Waals surface area contributed by atoms with Gasteiger partial charge in [0.2, 0.25) is 0 Å². The first-order valence-corrected chi connectivity index (χ1v) is 8.69. The molecule has 0 radical (unpaired) electrons. The second-order valence-electron chi connectivity index (χ2n) is 6.23. The van der Waals surface area contributed by atoms with Gasteiger partial charge in [0.05, 0.1) is 19.1 Å². The average Bonchev–Trinajstić information content (AvgIpc) is 3.16. The van der Waals surface area contributed by atoms with E-state index in [0.29, 0.717) is 5.69 Å². The van der Waals surface area contributed by atoms with Gasteiger partial charge in [-0.1, -0.05) is 12.1 Å². The van der Waals surface area contributed by atoms with Crippen LogP contribution in [-0.4, -0.2) is 34.7 Å². The van der Waals surface area contributed by atoms with E-state index in [-0.39, 0.29) is 17.3 Å². The van der Waals surface area contributed by atoms with Gasteiger partial charge in [-0.25, -0.2) is 9.78 Å². The molecule has 0 bridgehead atoms. The highest BCUT2D eigenvalue weighted by Crippen LogP contribution is 2.30. The molecule has 1 heterocycles. The minimum absolute atomic E-state index is 0.129. The van der Waals surface area contributed by atoms with Gasteiger partial charge in [0.15, 0.2) is 0 Å². The predicted molar refractivity (Wildman–Crippen MR) is 106 cm³/mol. The first kappa shape index (κ1) is 19.9. The summed E-state index contributed by atoms with van der Waals surface area (Å²) in [6.45, 7) is 0. The number of carbonyl (C=O) groups is 1. The van der Waals surface area contributed by atoms with Gasteiger partial charge in [-0.05, 0) is 29.8 Å². The number of hydrogen-bond acceptors (Lipinski definition) is 7. The molecule has 1 N–H and O–H groups in total. The van der Waals surface area contributed by atoms with Crippen molar-refractivity contribution in [2.75, 3.05) is 19.5 Å². The highest BCUT2D eigenvalue weighted by molar-refractivity contribution is 5.95. The van der Waals surface area contributed by atoms with E-state index in [1.54, 1.807) is 19.4 Å². The zero-order chi connectivity index (χ0) is 21.0. The molecule has 0 saturated carbocycles. The van der Waals surface area contributed by atoms with E-state index in [4.69, 9.17) is 4.74 Å². The van der Waals surface area contributed by atoms with Gasteiger partial charge >= 0.3 is 5.97 Å². The highest BCUT2D eigenvalue weighted by Gasteiger charge is 2.24. The van der Waals surface area contributed by atoms with E-state index < -0.39 is 10.9 Å². The maximum Gasteiger partial charge on any atom is 0.344 e. The summed E-state index contributed by atoms with van der Waals surface area (Å²) >= 11 is 0. The fourth-order valence-corrected chi connectivity index (χ4v) is 2.97. The number of nitrogens with one attached hydrogen (secondary N) is 1. The number of hydrogen-bond donors (Lipinski definition) is 1. The molecule has 29 heavy (non-hydrogen) atoms. The van der Waals surface area contributed by atoms with Crippen LogP contribution >= 0.6 is 0 Å². The predicted octanol–water partition coefficient (Wildman–Crippen LogP) is 3.33. The largest absolute Gasteiger partial charge is 0.497 e. The number of benzene rings is 2. The van der Waals surface area contributed by atoms with Crippen LogP contribution in [0, 0.1) is 10.1 Å². The molecule has 0 aliphatic heterocycles. The molecule has 3 aromatic rings. The summed E-state index contributed by atoms with van der Waals surface area (Å²) in [6.07, 6.45) is 3.51. The van der Waals surface area contributed by atoms with E-state index in [9.17, 15) is 14.9 Å². The molecule has 1 atom stereocenters. The van der Waals surface area contributed by atoms with Crippen LogP contribution in [-0.2, 0) is 11.8 Å². The minimum atomic E-state index is -0.779. The average molecular weight is 396 g/mol. The number of esters is 1. The molecule has 0 spiro atoms. The van der Waals surface area contributed by atoms with Crippen molar-refractivity contribution in [1.82, 2.24) is 9.55 Å².